The monoisotopic (exact) mass is 445 g/mol. The van der Waals surface area contributed by atoms with E-state index in [0.29, 0.717) is 58.8 Å². The van der Waals surface area contributed by atoms with Crippen LogP contribution >= 0.6 is 0 Å². The number of fused-ring (bicyclic) bond motifs is 1. The number of aliphatic hydroxyl groups is 1. The van der Waals surface area contributed by atoms with Gasteiger partial charge in [0.15, 0.2) is 0 Å². The summed E-state index contributed by atoms with van der Waals surface area (Å²) in [7, 11) is 0. The summed E-state index contributed by atoms with van der Waals surface area (Å²) < 4.78 is 13.9. The highest BCUT2D eigenvalue weighted by molar-refractivity contribution is 6.36. The Labute approximate surface area is 190 Å². The van der Waals surface area contributed by atoms with Crippen LogP contribution in [0.25, 0.3) is 22.8 Å². The van der Waals surface area contributed by atoms with Crippen LogP contribution in [-0.4, -0.2) is 46.0 Å². The molecule has 3 N–H and O–H groups in total. The summed E-state index contributed by atoms with van der Waals surface area (Å²) in [6.45, 7) is 4.52. The molecular weight excluding hydrogens is 421 g/mol. The van der Waals surface area contributed by atoms with Crippen molar-refractivity contribution in [3.05, 3.63) is 76.4 Å². The summed E-state index contributed by atoms with van der Waals surface area (Å²) in [5.41, 5.74) is 5.93. The van der Waals surface area contributed by atoms with Crippen LogP contribution in [0.1, 0.15) is 39.3 Å². The van der Waals surface area contributed by atoms with Crippen molar-refractivity contribution in [2.75, 3.05) is 18.4 Å². The topological polar surface area (TPSA) is 85.4 Å². The van der Waals surface area contributed by atoms with Crippen LogP contribution in [0.2, 0.25) is 0 Å². The second-order valence-electron chi connectivity index (χ2n) is 8.61. The third-order valence-electron chi connectivity index (χ3n) is 6.39. The maximum atomic E-state index is 13.9. The zero-order chi connectivity index (χ0) is 23.3. The van der Waals surface area contributed by atoms with Gasteiger partial charge in [-0.3, -0.25) is 9.59 Å². The van der Waals surface area contributed by atoms with Crippen LogP contribution in [0.15, 0.2) is 42.5 Å². The number of aromatic nitrogens is 1. The molecule has 6 nitrogen and oxygen atoms in total. The third-order valence-corrected chi connectivity index (χ3v) is 6.39. The van der Waals surface area contributed by atoms with Crippen molar-refractivity contribution in [2.45, 2.75) is 26.4 Å². The predicted octanol–water partition coefficient (Wildman–Crippen LogP) is 4.14. The lowest BCUT2D eigenvalue weighted by atomic mass is 9.94. The molecule has 1 atom stereocenters. The number of aliphatic hydroxyl groups excluding tert-OH is 1. The number of benzene rings is 2. The van der Waals surface area contributed by atoms with Gasteiger partial charge in [0.05, 0.1) is 17.2 Å². The number of hydrogen-bond donors (Lipinski definition) is 3. The minimum atomic E-state index is -0.491. The number of aromatic amines is 1. The Morgan fingerprint density at radius 3 is 2.73 bits per heavy atom. The lowest BCUT2D eigenvalue weighted by molar-refractivity contribution is -0.110. The first-order valence-corrected chi connectivity index (χ1v) is 10.9. The van der Waals surface area contributed by atoms with Gasteiger partial charge < -0.3 is 20.3 Å². The van der Waals surface area contributed by atoms with E-state index in [1.807, 2.05) is 38.1 Å². The number of likely N-dealkylation sites (tertiary alicyclic amines) is 1. The Kier molecular flexibility index (Phi) is 5.13. The van der Waals surface area contributed by atoms with Gasteiger partial charge in [0.25, 0.3) is 11.8 Å². The quantitative estimate of drug-likeness (QED) is 0.530. The lowest BCUT2D eigenvalue weighted by Crippen LogP contribution is -2.30. The van der Waals surface area contributed by atoms with Crippen LogP contribution in [0.3, 0.4) is 0 Å². The Balaban J connectivity index is 1.59. The van der Waals surface area contributed by atoms with Gasteiger partial charge in [0.2, 0.25) is 0 Å². The second-order valence-corrected chi connectivity index (χ2v) is 8.61. The molecule has 3 aromatic rings. The summed E-state index contributed by atoms with van der Waals surface area (Å²) in [5, 5.41) is 12.7. The van der Waals surface area contributed by atoms with Crippen molar-refractivity contribution in [3.8, 4) is 11.1 Å². The maximum absolute atomic E-state index is 13.9. The van der Waals surface area contributed by atoms with Crippen molar-refractivity contribution in [1.82, 2.24) is 9.88 Å². The van der Waals surface area contributed by atoms with Crippen molar-refractivity contribution >= 4 is 29.2 Å². The SMILES string of the molecule is Cc1[nH]c(/C=C2\C(=O)Nc3cccc(-c4cccc(F)c4)c32)c(C)c1C(=O)N1CC[C@H](O)C1. The number of hydrogen-bond acceptors (Lipinski definition) is 3. The van der Waals surface area contributed by atoms with Crippen LogP contribution < -0.4 is 5.32 Å². The molecule has 5 rings (SSSR count). The number of H-pyrrole nitrogens is 1. The van der Waals surface area contributed by atoms with Gasteiger partial charge in [-0.05, 0) is 61.2 Å². The smallest absolute Gasteiger partial charge is 0.256 e. The standard InChI is InChI=1S/C26H24FN3O3/c1-14-22(28-15(2)23(14)26(33)30-10-9-18(31)13-30)12-20-24-19(16-5-3-6-17(27)11-16)7-4-8-21(24)29-25(20)32/h3-8,11-12,18,28,31H,9-10,13H2,1-2H3,(H,29,32)/b20-12-/t18-/m0/s1. The Morgan fingerprint density at radius 2 is 2.00 bits per heavy atom. The normalized spacial score (nSPS) is 18.7. The Bertz CT molecular complexity index is 1320. The molecule has 0 radical (unpaired) electrons. The number of halogens is 1. The molecule has 1 aromatic heterocycles. The maximum Gasteiger partial charge on any atom is 0.256 e. The third kappa shape index (κ3) is 3.64. The van der Waals surface area contributed by atoms with E-state index in [1.165, 1.54) is 12.1 Å². The molecule has 2 aromatic carbocycles. The Morgan fingerprint density at radius 1 is 1.21 bits per heavy atom. The number of carbonyl (C=O) groups is 2. The molecule has 2 aliphatic heterocycles. The number of nitrogens with zero attached hydrogens (tertiary/aromatic N) is 1. The molecule has 0 bridgehead atoms. The number of amides is 2. The van der Waals surface area contributed by atoms with E-state index in [-0.39, 0.29) is 17.6 Å². The molecule has 0 aliphatic carbocycles. The molecule has 1 fully saturated rings. The average molecular weight is 445 g/mol. The highest BCUT2D eigenvalue weighted by Gasteiger charge is 2.31. The van der Waals surface area contributed by atoms with Crippen molar-refractivity contribution in [2.24, 2.45) is 0 Å². The van der Waals surface area contributed by atoms with Gasteiger partial charge >= 0.3 is 0 Å². The van der Waals surface area contributed by atoms with Crippen molar-refractivity contribution < 1.29 is 19.1 Å². The fourth-order valence-electron chi connectivity index (χ4n) is 4.75. The van der Waals surface area contributed by atoms with E-state index in [9.17, 15) is 19.1 Å². The van der Waals surface area contributed by atoms with Gasteiger partial charge in [0.1, 0.15) is 5.82 Å². The molecule has 2 amide bonds. The largest absolute Gasteiger partial charge is 0.391 e. The predicted molar refractivity (Wildman–Crippen MR) is 125 cm³/mol. The van der Waals surface area contributed by atoms with E-state index < -0.39 is 6.10 Å². The first-order chi connectivity index (χ1) is 15.8. The molecule has 3 heterocycles. The second kappa shape index (κ2) is 8.01. The van der Waals surface area contributed by atoms with Crippen LogP contribution in [0.4, 0.5) is 10.1 Å². The van der Waals surface area contributed by atoms with E-state index in [1.54, 1.807) is 17.0 Å². The summed E-state index contributed by atoms with van der Waals surface area (Å²) in [4.78, 5) is 30.9. The first-order valence-electron chi connectivity index (χ1n) is 10.9. The van der Waals surface area contributed by atoms with Gasteiger partial charge in [0, 0.05) is 35.7 Å². The van der Waals surface area contributed by atoms with Crippen LogP contribution in [-0.2, 0) is 4.79 Å². The molecule has 33 heavy (non-hydrogen) atoms. The zero-order valence-corrected chi connectivity index (χ0v) is 18.4. The minimum Gasteiger partial charge on any atom is -0.391 e. The van der Waals surface area contributed by atoms with E-state index in [2.05, 4.69) is 10.3 Å². The molecule has 0 saturated carbocycles. The van der Waals surface area contributed by atoms with Crippen molar-refractivity contribution in [1.29, 1.82) is 0 Å². The van der Waals surface area contributed by atoms with E-state index in [0.717, 1.165) is 11.1 Å². The van der Waals surface area contributed by atoms with Crippen molar-refractivity contribution in [3.63, 3.8) is 0 Å². The number of β-amino-alcohol motifs (C(OH)–C–C–N with tert-alkyl or cyclic N) is 1. The summed E-state index contributed by atoms with van der Waals surface area (Å²) >= 11 is 0. The van der Waals surface area contributed by atoms with Gasteiger partial charge in [-0.1, -0.05) is 24.3 Å². The highest BCUT2D eigenvalue weighted by Crippen LogP contribution is 2.41. The number of anilines is 1. The average Bonchev–Trinajstić information content (AvgIpc) is 3.43. The molecule has 2 aliphatic rings. The molecule has 7 heteroatoms. The highest BCUT2D eigenvalue weighted by atomic mass is 19.1. The number of aryl methyl sites for hydroxylation is 1. The van der Waals surface area contributed by atoms with Gasteiger partial charge in [-0.25, -0.2) is 4.39 Å². The van der Waals surface area contributed by atoms with E-state index in [4.69, 9.17) is 0 Å². The first kappa shape index (κ1) is 21.2. The number of carbonyl (C=O) groups excluding carboxylic acids is 2. The Hall–Kier alpha value is -3.71. The van der Waals surface area contributed by atoms with Crippen LogP contribution in [0, 0.1) is 19.7 Å². The molecule has 0 spiro atoms. The molecule has 168 valence electrons. The van der Waals surface area contributed by atoms with Gasteiger partial charge in [-0.15, -0.1) is 0 Å². The zero-order valence-electron chi connectivity index (χ0n) is 18.4. The van der Waals surface area contributed by atoms with E-state index >= 15 is 0 Å². The number of rotatable bonds is 3. The fraction of sp³-hybridized carbons (Fsp3) is 0.231. The minimum absolute atomic E-state index is 0.126. The lowest BCUT2D eigenvalue weighted by Gasteiger charge is -2.16. The molecular formula is C26H24FN3O3. The fourth-order valence-corrected chi connectivity index (χ4v) is 4.75. The molecule has 0 unspecified atom stereocenters. The molecule has 1 saturated heterocycles. The van der Waals surface area contributed by atoms with Crippen LogP contribution in [0.5, 0.6) is 0 Å². The number of nitrogens with one attached hydrogen (secondary N) is 2. The summed E-state index contributed by atoms with van der Waals surface area (Å²) in [5.74, 6) is -0.728. The summed E-state index contributed by atoms with van der Waals surface area (Å²) in [6.07, 6.45) is 1.84. The van der Waals surface area contributed by atoms with Gasteiger partial charge in [-0.2, -0.15) is 0 Å². The summed E-state index contributed by atoms with van der Waals surface area (Å²) in [6, 6.07) is 11.8.